The molecule has 1 saturated carbocycles. The van der Waals surface area contributed by atoms with Crippen LogP contribution in [0.25, 0.3) is 6.08 Å². The molecule has 1 aliphatic rings. The predicted octanol–water partition coefficient (Wildman–Crippen LogP) is 2.74. The Morgan fingerprint density at radius 3 is 2.43 bits per heavy atom. The SMILES string of the molecule is C=Cc1ccc(COC(=O)C2(C(=O)OC)CC2C=C)cc1. The van der Waals surface area contributed by atoms with Crippen LogP contribution < -0.4 is 0 Å². The number of methoxy groups -OCH3 is 1. The maximum Gasteiger partial charge on any atom is 0.324 e. The molecule has 21 heavy (non-hydrogen) atoms. The molecule has 4 nitrogen and oxygen atoms in total. The second-order valence-electron chi connectivity index (χ2n) is 5.03. The van der Waals surface area contributed by atoms with Gasteiger partial charge >= 0.3 is 11.9 Å². The molecule has 2 rings (SSSR count). The van der Waals surface area contributed by atoms with E-state index in [-0.39, 0.29) is 12.5 Å². The van der Waals surface area contributed by atoms with Crippen LogP contribution in [0, 0.1) is 11.3 Å². The van der Waals surface area contributed by atoms with E-state index >= 15 is 0 Å². The fourth-order valence-electron chi connectivity index (χ4n) is 2.33. The molecule has 2 unspecified atom stereocenters. The molecule has 1 aromatic rings. The van der Waals surface area contributed by atoms with Gasteiger partial charge in [-0.25, -0.2) is 0 Å². The van der Waals surface area contributed by atoms with Gasteiger partial charge in [-0.15, -0.1) is 6.58 Å². The van der Waals surface area contributed by atoms with Gasteiger partial charge in [0.15, 0.2) is 5.41 Å². The Bertz CT molecular complexity index is 573. The van der Waals surface area contributed by atoms with Gasteiger partial charge in [0, 0.05) is 5.92 Å². The standard InChI is InChI=1S/C17H18O4/c1-4-12-6-8-13(9-7-12)11-21-16(19)17(15(18)20-3)10-14(17)5-2/h4-9,14H,1-2,10-11H2,3H3. The van der Waals surface area contributed by atoms with E-state index in [0.717, 1.165) is 11.1 Å². The smallest absolute Gasteiger partial charge is 0.324 e. The van der Waals surface area contributed by atoms with Crippen molar-refractivity contribution < 1.29 is 19.1 Å². The predicted molar refractivity (Wildman–Crippen MR) is 79.1 cm³/mol. The third-order valence-corrected chi connectivity index (χ3v) is 3.80. The lowest BCUT2D eigenvalue weighted by Crippen LogP contribution is -2.30. The molecule has 0 radical (unpaired) electrons. The number of carbonyl (C=O) groups excluding carboxylic acids is 2. The van der Waals surface area contributed by atoms with E-state index in [2.05, 4.69) is 13.2 Å². The lowest BCUT2D eigenvalue weighted by Gasteiger charge is -2.13. The van der Waals surface area contributed by atoms with E-state index in [1.165, 1.54) is 7.11 Å². The van der Waals surface area contributed by atoms with E-state index in [0.29, 0.717) is 6.42 Å². The van der Waals surface area contributed by atoms with Crippen molar-refractivity contribution in [2.75, 3.05) is 7.11 Å². The van der Waals surface area contributed by atoms with Crippen molar-refractivity contribution >= 4 is 18.0 Å². The highest BCUT2D eigenvalue weighted by molar-refractivity contribution is 6.04. The van der Waals surface area contributed by atoms with Gasteiger partial charge in [-0.2, -0.15) is 0 Å². The minimum atomic E-state index is -1.20. The van der Waals surface area contributed by atoms with Crippen LogP contribution in [0.1, 0.15) is 17.5 Å². The zero-order chi connectivity index (χ0) is 15.5. The van der Waals surface area contributed by atoms with E-state index in [4.69, 9.17) is 9.47 Å². The fraction of sp³-hybridized carbons (Fsp3) is 0.294. The van der Waals surface area contributed by atoms with Gasteiger partial charge in [-0.05, 0) is 17.5 Å². The van der Waals surface area contributed by atoms with E-state index in [1.807, 2.05) is 24.3 Å². The first-order chi connectivity index (χ1) is 10.1. The van der Waals surface area contributed by atoms with Gasteiger partial charge < -0.3 is 9.47 Å². The zero-order valence-corrected chi connectivity index (χ0v) is 12.0. The van der Waals surface area contributed by atoms with Crippen LogP contribution in [0.3, 0.4) is 0 Å². The molecule has 0 saturated heterocycles. The molecule has 0 spiro atoms. The quantitative estimate of drug-likeness (QED) is 0.458. The van der Waals surface area contributed by atoms with E-state index < -0.39 is 17.4 Å². The third kappa shape index (κ3) is 2.75. The average Bonchev–Trinajstić information content (AvgIpc) is 3.28. The van der Waals surface area contributed by atoms with Gasteiger partial charge in [-0.3, -0.25) is 9.59 Å². The Hall–Kier alpha value is -2.36. The van der Waals surface area contributed by atoms with Crippen LogP contribution in [0.4, 0.5) is 0 Å². The first-order valence-electron chi connectivity index (χ1n) is 6.68. The summed E-state index contributed by atoms with van der Waals surface area (Å²) in [4.78, 5) is 24.0. The molecule has 2 atom stereocenters. The van der Waals surface area contributed by atoms with Crippen LogP contribution in [0.2, 0.25) is 0 Å². The molecule has 4 heteroatoms. The van der Waals surface area contributed by atoms with Crippen molar-refractivity contribution in [3.8, 4) is 0 Å². The van der Waals surface area contributed by atoms with Crippen LogP contribution >= 0.6 is 0 Å². The summed E-state index contributed by atoms with van der Waals surface area (Å²) in [6.45, 7) is 7.43. The summed E-state index contributed by atoms with van der Waals surface area (Å²) < 4.78 is 9.98. The Kier molecular flexibility index (Phi) is 4.26. The number of hydrogen-bond donors (Lipinski definition) is 0. The highest BCUT2D eigenvalue weighted by Gasteiger charge is 2.66. The largest absolute Gasteiger partial charge is 0.468 e. The fourth-order valence-corrected chi connectivity index (χ4v) is 2.33. The van der Waals surface area contributed by atoms with Crippen LogP contribution in [-0.2, 0) is 25.7 Å². The van der Waals surface area contributed by atoms with Crippen LogP contribution in [0.5, 0.6) is 0 Å². The van der Waals surface area contributed by atoms with Gasteiger partial charge in [-0.1, -0.05) is 43.0 Å². The first kappa shape index (κ1) is 15.0. The molecule has 0 amide bonds. The number of allylic oxidation sites excluding steroid dienone is 1. The maximum absolute atomic E-state index is 12.2. The Balaban J connectivity index is 2.01. The van der Waals surface area contributed by atoms with Crippen molar-refractivity contribution in [3.63, 3.8) is 0 Å². The molecular formula is C17H18O4. The molecule has 1 aliphatic carbocycles. The lowest BCUT2D eigenvalue weighted by atomic mass is 10.0. The second kappa shape index (κ2) is 5.95. The van der Waals surface area contributed by atoms with Crippen molar-refractivity contribution in [1.29, 1.82) is 0 Å². The molecule has 0 bridgehead atoms. The summed E-state index contributed by atoms with van der Waals surface area (Å²) in [6.07, 6.45) is 3.73. The number of esters is 2. The molecule has 1 aromatic carbocycles. The van der Waals surface area contributed by atoms with Crippen LogP contribution in [0.15, 0.2) is 43.5 Å². The van der Waals surface area contributed by atoms with Crippen LogP contribution in [-0.4, -0.2) is 19.0 Å². The Morgan fingerprint density at radius 1 is 1.29 bits per heavy atom. The number of rotatable bonds is 6. The average molecular weight is 286 g/mol. The third-order valence-electron chi connectivity index (χ3n) is 3.80. The molecule has 0 aliphatic heterocycles. The Morgan fingerprint density at radius 2 is 1.95 bits per heavy atom. The number of ether oxygens (including phenoxy) is 2. The summed E-state index contributed by atoms with van der Waals surface area (Å²) in [5.41, 5.74) is 0.646. The maximum atomic E-state index is 12.2. The summed E-state index contributed by atoms with van der Waals surface area (Å²) in [6, 6.07) is 7.48. The highest BCUT2D eigenvalue weighted by atomic mass is 16.6. The van der Waals surface area contributed by atoms with E-state index in [1.54, 1.807) is 12.2 Å². The highest BCUT2D eigenvalue weighted by Crippen LogP contribution is 2.55. The first-order valence-corrected chi connectivity index (χ1v) is 6.68. The molecule has 0 aromatic heterocycles. The van der Waals surface area contributed by atoms with Gasteiger partial charge in [0.05, 0.1) is 7.11 Å². The summed E-state index contributed by atoms with van der Waals surface area (Å²) in [5.74, 6) is -1.31. The number of carbonyl (C=O) groups is 2. The molecule has 0 heterocycles. The number of hydrogen-bond acceptors (Lipinski definition) is 4. The number of benzene rings is 1. The van der Waals surface area contributed by atoms with E-state index in [9.17, 15) is 9.59 Å². The van der Waals surface area contributed by atoms with Crippen molar-refractivity contribution in [2.24, 2.45) is 11.3 Å². The topological polar surface area (TPSA) is 52.6 Å². The molecular weight excluding hydrogens is 268 g/mol. The van der Waals surface area contributed by atoms with Crippen molar-refractivity contribution in [1.82, 2.24) is 0 Å². The Labute approximate surface area is 124 Å². The molecule has 0 N–H and O–H groups in total. The monoisotopic (exact) mass is 286 g/mol. The summed E-state index contributed by atoms with van der Waals surface area (Å²) >= 11 is 0. The second-order valence-corrected chi connectivity index (χ2v) is 5.03. The normalized spacial score (nSPS) is 23.0. The van der Waals surface area contributed by atoms with Crippen molar-refractivity contribution in [2.45, 2.75) is 13.0 Å². The zero-order valence-electron chi connectivity index (χ0n) is 12.0. The molecule has 110 valence electrons. The van der Waals surface area contributed by atoms with Gasteiger partial charge in [0.2, 0.25) is 0 Å². The van der Waals surface area contributed by atoms with Gasteiger partial charge in [0.25, 0.3) is 0 Å². The minimum absolute atomic E-state index is 0.124. The van der Waals surface area contributed by atoms with Crippen molar-refractivity contribution in [3.05, 3.63) is 54.6 Å². The van der Waals surface area contributed by atoms with Gasteiger partial charge in [0.1, 0.15) is 6.61 Å². The minimum Gasteiger partial charge on any atom is -0.468 e. The summed E-state index contributed by atoms with van der Waals surface area (Å²) in [7, 11) is 1.27. The lowest BCUT2D eigenvalue weighted by molar-refractivity contribution is -0.164. The molecule has 1 fully saturated rings. The summed E-state index contributed by atoms with van der Waals surface area (Å²) in [5, 5.41) is 0.